The van der Waals surface area contributed by atoms with Gasteiger partial charge in [0.2, 0.25) is 0 Å². The molecule has 0 bridgehead atoms. The molecule has 18 heavy (non-hydrogen) atoms. The van der Waals surface area contributed by atoms with Crippen molar-refractivity contribution < 1.29 is 0 Å². The summed E-state index contributed by atoms with van der Waals surface area (Å²) >= 11 is 1.83. The lowest BCUT2D eigenvalue weighted by atomic mass is 9.86. The van der Waals surface area contributed by atoms with Crippen LogP contribution in [-0.4, -0.2) is 11.5 Å². The van der Waals surface area contributed by atoms with Gasteiger partial charge in [0, 0.05) is 11.1 Å². The van der Waals surface area contributed by atoms with Crippen molar-refractivity contribution in [3.05, 3.63) is 16.1 Å². The lowest BCUT2D eigenvalue weighted by molar-refractivity contribution is 0.251. The van der Waals surface area contributed by atoms with E-state index >= 15 is 0 Å². The van der Waals surface area contributed by atoms with Gasteiger partial charge in [-0.25, -0.2) is 4.98 Å². The van der Waals surface area contributed by atoms with Gasteiger partial charge in [-0.1, -0.05) is 27.7 Å². The predicted molar refractivity (Wildman–Crippen MR) is 79.0 cm³/mol. The summed E-state index contributed by atoms with van der Waals surface area (Å²) in [6, 6.07) is 0. The third-order valence-electron chi connectivity index (χ3n) is 4.15. The summed E-state index contributed by atoms with van der Waals surface area (Å²) < 4.78 is 0. The molecule has 0 radical (unpaired) electrons. The van der Waals surface area contributed by atoms with Gasteiger partial charge in [0.1, 0.15) is 5.01 Å². The lowest BCUT2D eigenvalue weighted by Crippen LogP contribution is -2.45. The van der Waals surface area contributed by atoms with E-state index in [1.165, 1.54) is 24.3 Å². The number of nitrogens with zero attached hydrogens (tertiary/aromatic N) is 1. The number of rotatable bonds is 4. The summed E-state index contributed by atoms with van der Waals surface area (Å²) in [6.07, 6.45) is 3.66. The third-order valence-corrected chi connectivity index (χ3v) is 5.29. The molecule has 1 N–H and O–H groups in total. The van der Waals surface area contributed by atoms with E-state index < -0.39 is 0 Å². The van der Waals surface area contributed by atoms with E-state index in [1.54, 1.807) is 0 Å². The monoisotopic (exact) mass is 266 g/mol. The maximum atomic E-state index is 4.79. The van der Waals surface area contributed by atoms with Crippen molar-refractivity contribution in [1.29, 1.82) is 0 Å². The fourth-order valence-electron chi connectivity index (χ4n) is 3.51. The largest absolute Gasteiger partial charge is 0.305 e. The average molecular weight is 266 g/mol. The third kappa shape index (κ3) is 2.48. The molecule has 0 aliphatic heterocycles. The summed E-state index contributed by atoms with van der Waals surface area (Å²) in [7, 11) is 0. The van der Waals surface area contributed by atoms with E-state index in [1.807, 2.05) is 11.3 Å². The molecule has 2 unspecified atom stereocenters. The zero-order chi connectivity index (χ0) is 13.4. The topological polar surface area (TPSA) is 24.9 Å². The Morgan fingerprint density at radius 2 is 2.22 bits per heavy atom. The van der Waals surface area contributed by atoms with Crippen LogP contribution in [-0.2, 0) is 5.54 Å². The Kier molecular flexibility index (Phi) is 3.84. The first-order valence-electron chi connectivity index (χ1n) is 7.07. The van der Waals surface area contributed by atoms with Gasteiger partial charge in [0.05, 0.1) is 5.54 Å². The predicted octanol–water partition coefficient (Wildman–Crippen LogP) is 4.10. The summed E-state index contributed by atoms with van der Waals surface area (Å²) in [5.74, 6) is 0.657. The van der Waals surface area contributed by atoms with Gasteiger partial charge >= 0.3 is 0 Å². The van der Waals surface area contributed by atoms with Crippen molar-refractivity contribution in [2.45, 2.75) is 59.4 Å². The van der Waals surface area contributed by atoms with Gasteiger partial charge in [-0.15, -0.1) is 11.3 Å². The van der Waals surface area contributed by atoms with Gasteiger partial charge in [0.25, 0.3) is 0 Å². The van der Waals surface area contributed by atoms with Crippen molar-refractivity contribution in [2.24, 2.45) is 11.3 Å². The van der Waals surface area contributed by atoms with Gasteiger partial charge in [-0.05, 0) is 44.1 Å². The zero-order valence-electron chi connectivity index (χ0n) is 12.3. The summed E-state index contributed by atoms with van der Waals surface area (Å²) in [6.45, 7) is 12.6. The maximum absolute atomic E-state index is 4.79. The highest BCUT2D eigenvalue weighted by atomic mass is 32.1. The van der Waals surface area contributed by atoms with E-state index in [0.29, 0.717) is 11.3 Å². The second-order valence-corrected chi connectivity index (χ2v) is 7.50. The van der Waals surface area contributed by atoms with Crippen molar-refractivity contribution in [3.8, 4) is 0 Å². The molecule has 2 nitrogen and oxygen atoms in total. The molecule has 1 saturated carbocycles. The zero-order valence-corrected chi connectivity index (χ0v) is 13.2. The molecule has 1 aromatic rings. The molecule has 0 saturated heterocycles. The first kappa shape index (κ1) is 14.0. The molecular weight excluding hydrogens is 240 g/mol. The molecule has 1 heterocycles. The van der Waals surface area contributed by atoms with E-state index in [0.717, 1.165) is 12.2 Å². The molecule has 1 aliphatic rings. The Balaban J connectivity index is 2.35. The van der Waals surface area contributed by atoms with Crippen LogP contribution in [0.3, 0.4) is 0 Å². The highest BCUT2D eigenvalue weighted by Gasteiger charge is 2.50. The number of nitrogens with one attached hydrogen (secondary N) is 1. The molecule has 1 aliphatic carbocycles. The Morgan fingerprint density at radius 1 is 1.50 bits per heavy atom. The minimum absolute atomic E-state index is 0.110. The maximum Gasteiger partial charge on any atom is 0.113 e. The van der Waals surface area contributed by atoms with Crippen LogP contribution in [0, 0.1) is 18.3 Å². The first-order valence-corrected chi connectivity index (χ1v) is 7.95. The van der Waals surface area contributed by atoms with E-state index in [-0.39, 0.29) is 5.54 Å². The number of hydrogen-bond acceptors (Lipinski definition) is 3. The fraction of sp³-hybridized carbons (Fsp3) is 0.800. The van der Waals surface area contributed by atoms with Crippen LogP contribution in [0.4, 0.5) is 0 Å². The Morgan fingerprint density at radius 3 is 2.67 bits per heavy atom. The molecule has 2 rings (SSSR count). The fourth-order valence-corrected chi connectivity index (χ4v) is 4.60. The minimum atomic E-state index is 0.110. The lowest BCUT2D eigenvalue weighted by Gasteiger charge is -2.34. The first-order chi connectivity index (χ1) is 8.39. The van der Waals surface area contributed by atoms with Crippen LogP contribution < -0.4 is 5.32 Å². The van der Waals surface area contributed by atoms with Crippen LogP contribution in [0.25, 0.3) is 0 Å². The van der Waals surface area contributed by atoms with Crippen molar-refractivity contribution >= 4 is 11.3 Å². The molecular formula is C15H26N2S. The second-order valence-electron chi connectivity index (χ2n) is 6.64. The van der Waals surface area contributed by atoms with Crippen LogP contribution >= 0.6 is 11.3 Å². The van der Waals surface area contributed by atoms with E-state index in [4.69, 9.17) is 4.98 Å². The molecule has 0 aromatic carbocycles. The molecule has 1 fully saturated rings. The highest BCUT2D eigenvalue weighted by Crippen LogP contribution is 2.53. The normalized spacial score (nSPS) is 30.8. The summed E-state index contributed by atoms with van der Waals surface area (Å²) in [5, 5.41) is 7.31. The van der Waals surface area contributed by atoms with Crippen molar-refractivity contribution in [3.63, 3.8) is 0 Å². The summed E-state index contributed by atoms with van der Waals surface area (Å²) in [4.78, 5) is 4.79. The quantitative estimate of drug-likeness (QED) is 0.887. The number of aryl methyl sites for hydroxylation is 1. The minimum Gasteiger partial charge on any atom is -0.305 e. The molecule has 1 aromatic heterocycles. The standard InChI is InChI=1S/C15H26N2S/c1-6-7-16-15(13-17-12(3)9-18-13)10-14(4,5)8-11(15)2/h9,11,16H,6-8,10H2,1-5H3. The number of hydrogen-bond donors (Lipinski definition) is 1. The van der Waals surface area contributed by atoms with Crippen molar-refractivity contribution in [1.82, 2.24) is 10.3 Å². The summed E-state index contributed by atoms with van der Waals surface area (Å²) in [5.41, 5.74) is 1.68. The van der Waals surface area contributed by atoms with Gasteiger partial charge < -0.3 is 5.32 Å². The molecule has 2 atom stereocenters. The Hall–Kier alpha value is -0.410. The average Bonchev–Trinajstić information content (AvgIpc) is 2.78. The van der Waals surface area contributed by atoms with Gasteiger partial charge in [-0.3, -0.25) is 0 Å². The SMILES string of the molecule is CCCNC1(c2nc(C)cs2)CC(C)(C)CC1C. The van der Waals surface area contributed by atoms with Crippen LogP contribution in [0.1, 0.15) is 57.7 Å². The molecule has 102 valence electrons. The van der Waals surface area contributed by atoms with Crippen LogP contribution in [0.5, 0.6) is 0 Å². The van der Waals surface area contributed by atoms with Gasteiger partial charge in [0.15, 0.2) is 0 Å². The Bertz CT molecular complexity index is 410. The molecule has 3 heteroatoms. The molecule has 0 amide bonds. The van der Waals surface area contributed by atoms with E-state index in [9.17, 15) is 0 Å². The molecule has 0 spiro atoms. The van der Waals surface area contributed by atoms with E-state index in [2.05, 4.69) is 45.3 Å². The van der Waals surface area contributed by atoms with Crippen LogP contribution in [0.15, 0.2) is 5.38 Å². The van der Waals surface area contributed by atoms with Crippen LogP contribution in [0.2, 0.25) is 0 Å². The smallest absolute Gasteiger partial charge is 0.113 e. The second kappa shape index (κ2) is 4.93. The highest BCUT2D eigenvalue weighted by molar-refractivity contribution is 7.09. The number of thiazole rings is 1. The Labute approximate surface area is 115 Å². The number of aromatic nitrogens is 1. The van der Waals surface area contributed by atoms with Crippen molar-refractivity contribution in [2.75, 3.05) is 6.54 Å². The van der Waals surface area contributed by atoms with Gasteiger partial charge in [-0.2, -0.15) is 0 Å².